The lowest BCUT2D eigenvalue weighted by molar-refractivity contribution is 0.0697. The third-order valence-corrected chi connectivity index (χ3v) is 5.48. The van der Waals surface area contributed by atoms with Gasteiger partial charge in [-0.2, -0.15) is 0 Å². The molecule has 7 heteroatoms. The predicted octanol–water partition coefficient (Wildman–Crippen LogP) is 4.68. The molecule has 2 rings (SSSR count). The molecule has 4 nitrogen and oxygen atoms in total. The number of carboxylic acids is 1. The fraction of sp³-hybridized carbons (Fsp3) is 0.143. The molecule has 0 aliphatic heterocycles. The number of aromatic carboxylic acids is 1. The molecule has 2 N–H and O–H groups in total. The van der Waals surface area contributed by atoms with Gasteiger partial charge in [0.1, 0.15) is 5.00 Å². The van der Waals surface area contributed by atoms with Crippen molar-refractivity contribution < 1.29 is 14.7 Å². The van der Waals surface area contributed by atoms with Crippen LogP contribution in [0.25, 0.3) is 0 Å². The van der Waals surface area contributed by atoms with E-state index in [0.717, 1.165) is 8.45 Å². The molecule has 0 aliphatic carbocycles. The first-order valence-corrected chi connectivity index (χ1v) is 8.59. The molecule has 21 heavy (non-hydrogen) atoms. The molecule has 1 aromatic heterocycles. The second-order valence-corrected chi connectivity index (χ2v) is 7.70. The van der Waals surface area contributed by atoms with Gasteiger partial charge in [0.15, 0.2) is 0 Å². The summed E-state index contributed by atoms with van der Waals surface area (Å²) in [6.07, 6.45) is 0. The number of halogens is 2. The number of aryl methyl sites for hydroxylation is 1. The van der Waals surface area contributed by atoms with Gasteiger partial charge in [0.2, 0.25) is 0 Å². The van der Waals surface area contributed by atoms with Crippen molar-refractivity contribution in [3.8, 4) is 0 Å². The highest BCUT2D eigenvalue weighted by Gasteiger charge is 2.21. The molecule has 0 saturated carbocycles. The largest absolute Gasteiger partial charge is 0.478 e. The van der Waals surface area contributed by atoms with E-state index < -0.39 is 5.97 Å². The summed E-state index contributed by atoms with van der Waals surface area (Å²) in [6, 6.07) is 5.41. The Morgan fingerprint density at radius 2 is 2.00 bits per heavy atom. The van der Waals surface area contributed by atoms with Crippen LogP contribution in [0.2, 0.25) is 0 Å². The summed E-state index contributed by atoms with van der Waals surface area (Å²) >= 11 is 6.73. The molecule has 0 saturated heterocycles. The number of carboxylic acid groups (broad SMARTS) is 1. The van der Waals surface area contributed by atoms with Crippen LogP contribution < -0.4 is 5.32 Å². The van der Waals surface area contributed by atoms with Crippen LogP contribution in [0.1, 0.15) is 31.2 Å². The lowest BCUT2D eigenvalue weighted by atomic mass is 10.1. The van der Waals surface area contributed by atoms with Crippen molar-refractivity contribution in [2.75, 3.05) is 5.32 Å². The highest BCUT2D eigenvalue weighted by Crippen LogP contribution is 2.33. The van der Waals surface area contributed by atoms with Crippen molar-refractivity contribution in [3.63, 3.8) is 0 Å². The van der Waals surface area contributed by atoms with E-state index in [4.69, 9.17) is 0 Å². The number of carbonyl (C=O) groups is 2. The van der Waals surface area contributed by atoms with E-state index >= 15 is 0 Å². The lowest BCUT2D eigenvalue weighted by Gasteiger charge is -2.07. The number of benzene rings is 1. The molecule has 0 atom stereocenters. The fourth-order valence-corrected chi connectivity index (χ4v) is 3.78. The number of carbonyl (C=O) groups excluding carboxylic acids is 1. The quantitative estimate of drug-likeness (QED) is 0.628. The summed E-state index contributed by atoms with van der Waals surface area (Å²) in [5.41, 5.74) is 1.32. The average molecular weight is 480 g/mol. The number of thiophene rings is 1. The zero-order valence-corrected chi connectivity index (χ0v) is 15.7. The van der Waals surface area contributed by atoms with Gasteiger partial charge in [-0.3, -0.25) is 4.79 Å². The molecular weight excluding hydrogens is 469 g/mol. The molecule has 0 spiro atoms. The van der Waals surface area contributed by atoms with E-state index in [0.29, 0.717) is 20.6 Å². The minimum atomic E-state index is -1.03. The first kappa shape index (κ1) is 16.4. The number of anilines is 1. The second kappa shape index (κ2) is 6.45. The Bertz CT molecular complexity index is 742. The molecule has 2 aromatic rings. The number of nitrogens with one attached hydrogen (secondary N) is 1. The summed E-state index contributed by atoms with van der Waals surface area (Å²) in [7, 11) is 0. The molecule has 1 amide bonds. The van der Waals surface area contributed by atoms with Gasteiger partial charge in [0.25, 0.3) is 5.91 Å². The summed E-state index contributed by atoms with van der Waals surface area (Å²) < 4.78 is 1.60. The van der Waals surface area contributed by atoms with Gasteiger partial charge in [0.05, 0.1) is 11.1 Å². The van der Waals surface area contributed by atoms with Crippen molar-refractivity contribution in [2.24, 2.45) is 0 Å². The maximum absolute atomic E-state index is 12.4. The van der Waals surface area contributed by atoms with E-state index in [-0.39, 0.29) is 11.5 Å². The first-order valence-electron chi connectivity index (χ1n) is 5.91. The van der Waals surface area contributed by atoms with E-state index in [2.05, 4.69) is 43.8 Å². The summed E-state index contributed by atoms with van der Waals surface area (Å²) in [5, 5.41) is 12.4. The number of hydrogen-bond acceptors (Lipinski definition) is 3. The van der Waals surface area contributed by atoms with Crippen LogP contribution in [0.3, 0.4) is 0 Å². The molecule has 0 bridgehead atoms. The van der Waals surface area contributed by atoms with Crippen molar-refractivity contribution in [2.45, 2.75) is 13.8 Å². The zero-order valence-electron chi connectivity index (χ0n) is 11.2. The third kappa shape index (κ3) is 3.46. The second-order valence-electron chi connectivity index (χ2n) is 4.37. The van der Waals surface area contributed by atoms with Gasteiger partial charge in [-0.25, -0.2) is 4.79 Å². The van der Waals surface area contributed by atoms with Gasteiger partial charge in [-0.15, -0.1) is 11.3 Å². The minimum absolute atomic E-state index is 0.160. The lowest BCUT2D eigenvalue weighted by Crippen LogP contribution is -2.14. The summed E-state index contributed by atoms with van der Waals surface area (Å²) in [4.78, 5) is 24.6. The number of hydrogen-bond donors (Lipinski definition) is 2. The van der Waals surface area contributed by atoms with Crippen LogP contribution in [0.4, 0.5) is 5.00 Å². The van der Waals surface area contributed by atoms with Crippen LogP contribution in [-0.4, -0.2) is 17.0 Å². The van der Waals surface area contributed by atoms with Gasteiger partial charge < -0.3 is 10.4 Å². The van der Waals surface area contributed by atoms with Gasteiger partial charge in [0, 0.05) is 12.9 Å². The topological polar surface area (TPSA) is 66.4 Å². The third-order valence-electron chi connectivity index (χ3n) is 3.00. The molecular formula is C14H11BrINO3S. The maximum atomic E-state index is 12.4. The van der Waals surface area contributed by atoms with Crippen molar-refractivity contribution in [3.05, 3.63) is 47.8 Å². The molecule has 1 aromatic carbocycles. The Balaban J connectivity index is 2.38. The van der Waals surface area contributed by atoms with Crippen LogP contribution in [0.15, 0.2) is 22.7 Å². The monoisotopic (exact) mass is 479 g/mol. The number of rotatable bonds is 3. The standard InChI is InChI=1S/C14H11BrINO3S/c1-6-7(2)21-13(11(6)14(19)20)17-12(18)9-5-8(16)3-4-10(9)15/h3-5H,1-2H3,(H,17,18)(H,19,20). The van der Waals surface area contributed by atoms with E-state index in [1.165, 1.54) is 11.3 Å². The minimum Gasteiger partial charge on any atom is -0.478 e. The highest BCUT2D eigenvalue weighted by molar-refractivity contribution is 14.1. The SMILES string of the molecule is Cc1sc(NC(=O)c2cc(I)ccc2Br)c(C(=O)O)c1C. The van der Waals surface area contributed by atoms with Crippen LogP contribution in [0.5, 0.6) is 0 Å². The Kier molecular flexibility index (Phi) is 5.05. The van der Waals surface area contributed by atoms with Crippen molar-refractivity contribution in [1.29, 1.82) is 0 Å². The number of amides is 1. The highest BCUT2D eigenvalue weighted by atomic mass is 127. The Morgan fingerprint density at radius 1 is 1.33 bits per heavy atom. The average Bonchev–Trinajstić information content (AvgIpc) is 2.67. The normalized spacial score (nSPS) is 10.5. The van der Waals surface area contributed by atoms with E-state index in [9.17, 15) is 14.7 Å². The van der Waals surface area contributed by atoms with Crippen molar-refractivity contribution in [1.82, 2.24) is 0 Å². The molecule has 1 heterocycles. The maximum Gasteiger partial charge on any atom is 0.338 e. The van der Waals surface area contributed by atoms with E-state index in [1.807, 2.05) is 13.0 Å². The van der Waals surface area contributed by atoms with Gasteiger partial charge in [-0.05, 0) is 76.1 Å². The smallest absolute Gasteiger partial charge is 0.338 e. The Morgan fingerprint density at radius 3 is 2.62 bits per heavy atom. The van der Waals surface area contributed by atoms with Gasteiger partial charge in [-0.1, -0.05) is 0 Å². The van der Waals surface area contributed by atoms with Crippen molar-refractivity contribution >= 4 is 66.7 Å². The molecule has 110 valence electrons. The molecule has 0 unspecified atom stereocenters. The Labute approximate surface area is 147 Å². The van der Waals surface area contributed by atoms with Crippen LogP contribution in [0, 0.1) is 17.4 Å². The molecule has 0 aliphatic rings. The predicted molar refractivity (Wildman–Crippen MR) is 95.6 cm³/mol. The first-order chi connectivity index (χ1) is 9.81. The summed E-state index contributed by atoms with van der Waals surface area (Å²) in [6.45, 7) is 3.58. The molecule has 0 fully saturated rings. The summed E-state index contributed by atoms with van der Waals surface area (Å²) in [5.74, 6) is -1.36. The van der Waals surface area contributed by atoms with E-state index in [1.54, 1.807) is 19.1 Å². The molecule has 0 radical (unpaired) electrons. The van der Waals surface area contributed by atoms with Gasteiger partial charge >= 0.3 is 5.97 Å². The zero-order chi connectivity index (χ0) is 15.7. The fourth-order valence-electron chi connectivity index (χ4n) is 1.81. The Hall–Kier alpha value is -0.930. The van der Waals surface area contributed by atoms with Crippen LogP contribution in [-0.2, 0) is 0 Å². The van der Waals surface area contributed by atoms with Crippen LogP contribution >= 0.6 is 49.9 Å².